The third kappa shape index (κ3) is 6.19. The number of carbonyl (C=O) groups is 1. The van der Waals surface area contributed by atoms with Gasteiger partial charge in [0.15, 0.2) is 5.78 Å². The van der Waals surface area contributed by atoms with Crippen molar-refractivity contribution in [3.8, 4) is 11.5 Å². The Morgan fingerprint density at radius 1 is 1.03 bits per heavy atom. The zero-order chi connectivity index (χ0) is 21.3. The molecule has 0 bridgehead atoms. The first kappa shape index (κ1) is 21.6. The van der Waals surface area contributed by atoms with Gasteiger partial charge in [-0.2, -0.15) is 8.78 Å². The molecule has 3 rings (SSSR count). The molecule has 0 saturated carbocycles. The van der Waals surface area contributed by atoms with Gasteiger partial charge < -0.3 is 9.47 Å². The number of alkyl halides is 2. The number of hydrogen-bond donors (Lipinski definition) is 0. The lowest BCUT2D eigenvalue weighted by Crippen LogP contribution is -2.02. The molecule has 3 aromatic rings. The Bertz CT molecular complexity index is 1000. The summed E-state index contributed by atoms with van der Waals surface area (Å²) in [4.78, 5) is 13.5. The second kappa shape index (κ2) is 10.6. The lowest BCUT2D eigenvalue weighted by atomic mass is 10.1. The number of carbonyl (C=O) groups excluding carboxylic acids is 1. The Morgan fingerprint density at radius 3 is 2.43 bits per heavy atom. The molecule has 0 aliphatic heterocycles. The molecule has 154 valence electrons. The van der Waals surface area contributed by atoms with Gasteiger partial charge in [-0.25, -0.2) is 0 Å². The minimum Gasteiger partial charge on any atom is -0.496 e. The van der Waals surface area contributed by atoms with Gasteiger partial charge in [-0.3, -0.25) is 4.79 Å². The molecule has 6 heteroatoms. The van der Waals surface area contributed by atoms with E-state index in [0.29, 0.717) is 5.56 Å². The fourth-order valence-electron chi connectivity index (χ4n) is 2.73. The van der Waals surface area contributed by atoms with E-state index in [1.165, 1.54) is 35.2 Å². The van der Waals surface area contributed by atoms with Crippen molar-refractivity contribution in [2.24, 2.45) is 0 Å². The minimum absolute atomic E-state index is 0.0132. The minimum atomic E-state index is -2.89. The third-order valence-corrected chi connectivity index (χ3v) is 5.30. The fourth-order valence-corrected chi connectivity index (χ4v) is 3.64. The summed E-state index contributed by atoms with van der Waals surface area (Å²) in [5.41, 5.74) is 2.27. The summed E-state index contributed by atoms with van der Waals surface area (Å²) in [7, 11) is 1.62. The van der Waals surface area contributed by atoms with Crippen LogP contribution in [0.2, 0.25) is 0 Å². The Hall–Kier alpha value is -3.12. The number of ether oxygens (including phenoxy) is 2. The molecule has 3 nitrogen and oxygen atoms in total. The van der Waals surface area contributed by atoms with Crippen molar-refractivity contribution in [1.29, 1.82) is 0 Å². The average Bonchev–Trinajstić information content (AvgIpc) is 2.77. The third-order valence-electron chi connectivity index (χ3n) is 4.24. The highest BCUT2D eigenvalue weighted by atomic mass is 32.2. The van der Waals surface area contributed by atoms with E-state index in [1.54, 1.807) is 24.9 Å². The SMILES string of the molecule is COc1cc(/C=C/C(=O)c2ccc(OC(F)F)cc2)ccc1CSc1ccccc1. The first-order valence-corrected chi connectivity index (χ1v) is 10.2. The highest BCUT2D eigenvalue weighted by molar-refractivity contribution is 7.98. The molecular formula is C24H20F2O3S. The number of thioether (sulfide) groups is 1. The first-order chi connectivity index (χ1) is 14.5. The van der Waals surface area contributed by atoms with Crippen LogP contribution in [-0.2, 0) is 5.75 Å². The zero-order valence-corrected chi connectivity index (χ0v) is 17.1. The van der Waals surface area contributed by atoms with Gasteiger partial charge >= 0.3 is 6.61 Å². The van der Waals surface area contributed by atoms with Crippen molar-refractivity contribution in [3.05, 3.63) is 95.6 Å². The average molecular weight is 426 g/mol. The highest BCUT2D eigenvalue weighted by Crippen LogP contribution is 2.29. The van der Waals surface area contributed by atoms with Gasteiger partial charge in [0.2, 0.25) is 0 Å². The second-order valence-electron chi connectivity index (χ2n) is 6.27. The smallest absolute Gasteiger partial charge is 0.387 e. The van der Waals surface area contributed by atoms with E-state index in [1.807, 2.05) is 36.4 Å². The summed E-state index contributed by atoms with van der Waals surface area (Å²) in [6.45, 7) is -2.89. The number of ketones is 1. The standard InChI is InChI=1S/C24H20F2O3S/c1-28-23-15-17(7-9-19(23)16-30-21-5-3-2-4-6-21)8-14-22(27)18-10-12-20(13-11-18)29-24(25)26/h2-15,24H,16H2,1H3/b14-8+. The van der Waals surface area contributed by atoms with Gasteiger partial charge in [-0.05, 0) is 54.1 Å². The van der Waals surface area contributed by atoms with Gasteiger partial charge in [-0.15, -0.1) is 11.8 Å². The normalized spacial score (nSPS) is 11.1. The molecule has 0 atom stereocenters. The lowest BCUT2D eigenvalue weighted by molar-refractivity contribution is -0.0498. The molecule has 0 aromatic heterocycles. The van der Waals surface area contributed by atoms with Crippen molar-refractivity contribution in [2.45, 2.75) is 17.3 Å². The van der Waals surface area contributed by atoms with Crippen LogP contribution < -0.4 is 9.47 Å². The van der Waals surface area contributed by atoms with E-state index in [2.05, 4.69) is 16.9 Å². The van der Waals surface area contributed by atoms with Crippen molar-refractivity contribution >= 4 is 23.6 Å². The quantitative estimate of drug-likeness (QED) is 0.223. The van der Waals surface area contributed by atoms with E-state index in [4.69, 9.17) is 4.74 Å². The molecule has 0 spiro atoms. The van der Waals surface area contributed by atoms with Crippen LogP contribution in [0.1, 0.15) is 21.5 Å². The molecule has 0 fully saturated rings. The molecule has 0 unspecified atom stereocenters. The number of rotatable bonds is 9. The molecule has 0 radical (unpaired) electrons. The Labute approximate surface area is 178 Å². The van der Waals surface area contributed by atoms with E-state index in [-0.39, 0.29) is 11.5 Å². The predicted octanol–water partition coefficient (Wildman–Crippen LogP) is 6.49. The Kier molecular flexibility index (Phi) is 7.63. The maximum Gasteiger partial charge on any atom is 0.387 e. The molecule has 0 N–H and O–H groups in total. The molecule has 3 aromatic carbocycles. The maximum atomic E-state index is 12.3. The molecule has 0 heterocycles. The van der Waals surface area contributed by atoms with Gasteiger partial charge in [0, 0.05) is 21.8 Å². The molecule has 0 saturated heterocycles. The molecule has 0 aliphatic rings. The highest BCUT2D eigenvalue weighted by Gasteiger charge is 2.07. The molecule has 0 amide bonds. The largest absolute Gasteiger partial charge is 0.496 e. The maximum absolute atomic E-state index is 12.3. The van der Waals surface area contributed by atoms with Gasteiger partial charge in [0.1, 0.15) is 11.5 Å². The lowest BCUT2D eigenvalue weighted by Gasteiger charge is -2.09. The molecule has 30 heavy (non-hydrogen) atoms. The number of benzene rings is 3. The molecular weight excluding hydrogens is 406 g/mol. The number of hydrogen-bond acceptors (Lipinski definition) is 4. The summed E-state index contributed by atoms with van der Waals surface area (Å²) in [6.07, 6.45) is 3.14. The van der Waals surface area contributed by atoms with Crippen LogP contribution in [0.15, 0.2) is 83.8 Å². The van der Waals surface area contributed by atoms with Gasteiger partial charge in [0.05, 0.1) is 7.11 Å². The van der Waals surface area contributed by atoms with Crippen LogP contribution in [0.5, 0.6) is 11.5 Å². The van der Waals surface area contributed by atoms with Crippen LogP contribution >= 0.6 is 11.8 Å². The van der Waals surface area contributed by atoms with Crippen molar-refractivity contribution < 1.29 is 23.0 Å². The number of halogens is 2. The number of methoxy groups -OCH3 is 1. The Balaban J connectivity index is 1.65. The van der Waals surface area contributed by atoms with Crippen LogP contribution in [0.25, 0.3) is 6.08 Å². The monoisotopic (exact) mass is 426 g/mol. The second-order valence-corrected chi connectivity index (χ2v) is 7.32. The van der Waals surface area contributed by atoms with Crippen LogP contribution in [0.3, 0.4) is 0 Å². The first-order valence-electron chi connectivity index (χ1n) is 9.17. The number of allylic oxidation sites excluding steroid dienone is 1. The molecule has 0 aliphatic carbocycles. The van der Waals surface area contributed by atoms with E-state index >= 15 is 0 Å². The summed E-state index contributed by atoms with van der Waals surface area (Å²) >= 11 is 1.72. The van der Waals surface area contributed by atoms with E-state index < -0.39 is 6.61 Å². The van der Waals surface area contributed by atoms with E-state index in [9.17, 15) is 13.6 Å². The summed E-state index contributed by atoms with van der Waals surface area (Å²) in [5.74, 6) is 1.30. The van der Waals surface area contributed by atoms with Crippen LogP contribution in [0.4, 0.5) is 8.78 Å². The van der Waals surface area contributed by atoms with Gasteiger partial charge in [0.25, 0.3) is 0 Å². The van der Waals surface area contributed by atoms with Gasteiger partial charge in [-0.1, -0.05) is 36.4 Å². The van der Waals surface area contributed by atoms with Crippen molar-refractivity contribution in [3.63, 3.8) is 0 Å². The zero-order valence-electron chi connectivity index (χ0n) is 16.3. The Morgan fingerprint density at radius 2 is 1.77 bits per heavy atom. The predicted molar refractivity (Wildman–Crippen MR) is 115 cm³/mol. The van der Waals surface area contributed by atoms with E-state index in [0.717, 1.165) is 22.6 Å². The fraction of sp³-hybridized carbons (Fsp3) is 0.125. The summed E-state index contributed by atoms with van der Waals surface area (Å²) < 4.78 is 34.2. The van der Waals surface area contributed by atoms with Crippen LogP contribution in [-0.4, -0.2) is 19.5 Å². The van der Waals surface area contributed by atoms with Crippen LogP contribution in [0, 0.1) is 0 Å². The topological polar surface area (TPSA) is 35.5 Å². The summed E-state index contributed by atoms with van der Waals surface area (Å²) in [6, 6.07) is 21.5. The van der Waals surface area contributed by atoms with Crippen molar-refractivity contribution in [1.82, 2.24) is 0 Å². The summed E-state index contributed by atoms with van der Waals surface area (Å²) in [5, 5.41) is 0. The van der Waals surface area contributed by atoms with Crippen molar-refractivity contribution in [2.75, 3.05) is 7.11 Å².